The first kappa shape index (κ1) is 14.8. The smallest absolute Gasteiger partial charge is 0.0992 e. The van der Waals surface area contributed by atoms with Crippen LogP contribution in [-0.4, -0.2) is 43.7 Å². The molecule has 1 aromatic carbocycles. The summed E-state index contributed by atoms with van der Waals surface area (Å²) in [4.78, 5) is 4.52. The molecule has 0 saturated carbocycles. The van der Waals surface area contributed by atoms with Gasteiger partial charge in [-0.15, -0.1) is 0 Å². The minimum Gasteiger partial charge on any atom is -0.389 e. The molecule has 0 bridgehead atoms. The first-order valence-corrected chi connectivity index (χ1v) is 7.13. The molecule has 1 saturated heterocycles. The van der Waals surface area contributed by atoms with Crippen molar-refractivity contribution >= 4 is 5.69 Å². The fourth-order valence-electron chi connectivity index (χ4n) is 2.96. The van der Waals surface area contributed by atoms with Crippen molar-refractivity contribution in [3.63, 3.8) is 0 Å². The maximum atomic E-state index is 9.90. The van der Waals surface area contributed by atoms with Crippen LogP contribution < -0.4 is 4.90 Å². The second kappa shape index (κ2) is 6.25. The Balaban J connectivity index is 2.19. The second-order valence-electron chi connectivity index (χ2n) is 5.86. The summed E-state index contributed by atoms with van der Waals surface area (Å²) in [5.74, 6) is 0.651. The van der Waals surface area contributed by atoms with Crippen molar-refractivity contribution < 1.29 is 5.11 Å². The molecule has 1 aliphatic heterocycles. The minimum absolute atomic E-state index is 0.522. The lowest BCUT2D eigenvalue weighted by Gasteiger charge is -2.26. The molecule has 2 atom stereocenters. The number of hydrogen-bond acceptors (Lipinski definition) is 4. The van der Waals surface area contributed by atoms with Gasteiger partial charge in [-0.1, -0.05) is 6.07 Å². The maximum Gasteiger partial charge on any atom is 0.0992 e. The lowest BCUT2D eigenvalue weighted by atomic mass is 10.0. The number of nitriles is 1. The van der Waals surface area contributed by atoms with Gasteiger partial charge in [0, 0.05) is 31.4 Å². The van der Waals surface area contributed by atoms with Gasteiger partial charge < -0.3 is 14.9 Å². The number of aliphatic hydroxyl groups excluding tert-OH is 1. The molecule has 1 heterocycles. The molecule has 1 fully saturated rings. The largest absolute Gasteiger partial charge is 0.389 e. The van der Waals surface area contributed by atoms with Crippen molar-refractivity contribution in [2.24, 2.45) is 5.92 Å². The van der Waals surface area contributed by atoms with Gasteiger partial charge in [0.2, 0.25) is 0 Å². The number of hydrogen-bond donors (Lipinski definition) is 1. The molecule has 0 amide bonds. The summed E-state index contributed by atoms with van der Waals surface area (Å²) in [5, 5.41) is 19.0. The van der Waals surface area contributed by atoms with Crippen molar-refractivity contribution in [3.8, 4) is 6.07 Å². The molecule has 0 radical (unpaired) electrons. The molecule has 0 aliphatic carbocycles. The third-order valence-electron chi connectivity index (χ3n) is 4.04. The summed E-state index contributed by atoms with van der Waals surface area (Å²) in [6, 6.07) is 7.67. The normalized spacial score (nSPS) is 20.6. The van der Waals surface area contributed by atoms with E-state index in [1.165, 1.54) is 6.42 Å². The molecular formula is C16H23N3O. The summed E-state index contributed by atoms with van der Waals surface area (Å²) >= 11 is 0. The fraction of sp³-hybridized carbons (Fsp3) is 0.562. The van der Waals surface area contributed by atoms with Crippen LogP contribution in [0.1, 0.15) is 30.6 Å². The number of likely N-dealkylation sites (tertiary alicyclic amines) is 1. The van der Waals surface area contributed by atoms with Crippen molar-refractivity contribution in [2.75, 3.05) is 38.6 Å². The van der Waals surface area contributed by atoms with Gasteiger partial charge in [-0.2, -0.15) is 5.26 Å². The SMILES string of the molecule is C[C@H](O)c1ccc(C#N)cc1N(C)CC1CCN(C)C1. The Labute approximate surface area is 121 Å². The zero-order valence-electron chi connectivity index (χ0n) is 12.5. The van der Waals surface area contributed by atoms with Gasteiger partial charge in [0.15, 0.2) is 0 Å². The first-order chi connectivity index (χ1) is 9.51. The highest BCUT2D eigenvalue weighted by molar-refractivity contribution is 5.58. The third-order valence-corrected chi connectivity index (χ3v) is 4.04. The van der Waals surface area contributed by atoms with E-state index in [0.29, 0.717) is 11.5 Å². The predicted octanol–water partition coefficient (Wildman–Crippen LogP) is 2.00. The molecule has 0 spiro atoms. The Bertz CT molecular complexity index is 507. The van der Waals surface area contributed by atoms with Gasteiger partial charge in [-0.25, -0.2) is 0 Å². The lowest BCUT2D eigenvalue weighted by molar-refractivity contribution is 0.199. The second-order valence-corrected chi connectivity index (χ2v) is 5.86. The van der Waals surface area contributed by atoms with Gasteiger partial charge in [0.25, 0.3) is 0 Å². The van der Waals surface area contributed by atoms with E-state index in [2.05, 4.69) is 22.9 Å². The molecule has 4 nitrogen and oxygen atoms in total. The molecule has 1 unspecified atom stereocenters. The highest BCUT2D eigenvalue weighted by Gasteiger charge is 2.22. The molecule has 20 heavy (non-hydrogen) atoms. The summed E-state index contributed by atoms with van der Waals surface area (Å²) < 4.78 is 0. The van der Waals surface area contributed by atoms with Crippen LogP contribution in [0.15, 0.2) is 18.2 Å². The highest BCUT2D eigenvalue weighted by atomic mass is 16.3. The van der Waals surface area contributed by atoms with Gasteiger partial charge >= 0.3 is 0 Å². The topological polar surface area (TPSA) is 50.5 Å². The van der Waals surface area contributed by atoms with Crippen LogP contribution in [0.3, 0.4) is 0 Å². The van der Waals surface area contributed by atoms with Gasteiger partial charge in [0.05, 0.1) is 17.7 Å². The van der Waals surface area contributed by atoms with E-state index in [9.17, 15) is 5.11 Å². The van der Waals surface area contributed by atoms with E-state index in [4.69, 9.17) is 5.26 Å². The number of aliphatic hydroxyl groups is 1. The van der Waals surface area contributed by atoms with Crippen molar-refractivity contribution in [2.45, 2.75) is 19.4 Å². The Morgan fingerprint density at radius 2 is 2.30 bits per heavy atom. The molecule has 2 rings (SSSR count). The van der Waals surface area contributed by atoms with E-state index in [1.807, 2.05) is 19.2 Å². The summed E-state index contributed by atoms with van der Waals surface area (Å²) in [6.07, 6.45) is 0.689. The zero-order valence-corrected chi connectivity index (χ0v) is 12.5. The molecule has 108 valence electrons. The van der Waals surface area contributed by atoms with Gasteiger partial charge in [0.1, 0.15) is 0 Å². The van der Waals surface area contributed by atoms with Crippen LogP contribution in [0.4, 0.5) is 5.69 Å². The maximum absolute atomic E-state index is 9.90. The molecule has 4 heteroatoms. The first-order valence-electron chi connectivity index (χ1n) is 7.13. The Morgan fingerprint density at radius 3 is 2.85 bits per heavy atom. The van der Waals surface area contributed by atoms with Crippen LogP contribution >= 0.6 is 0 Å². The van der Waals surface area contributed by atoms with Crippen LogP contribution in [0.25, 0.3) is 0 Å². The quantitative estimate of drug-likeness (QED) is 0.911. The van der Waals surface area contributed by atoms with E-state index >= 15 is 0 Å². The highest BCUT2D eigenvalue weighted by Crippen LogP contribution is 2.28. The van der Waals surface area contributed by atoms with Crippen LogP contribution in [0, 0.1) is 17.2 Å². The average Bonchev–Trinajstić information content (AvgIpc) is 2.83. The number of anilines is 1. The zero-order chi connectivity index (χ0) is 14.7. The molecule has 0 aromatic heterocycles. The predicted molar refractivity (Wildman–Crippen MR) is 80.7 cm³/mol. The number of benzene rings is 1. The molecule has 1 aliphatic rings. The van der Waals surface area contributed by atoms with E-state index < -0.39 is 6.10 Å². The van der Waals surface area contributed by atoms with Crippen LogP contribution in [-0.2, 0) is 0 Å². The Morgan fingerprint density at radius 1 is 1.55 bits per heavy atom. The van der Waals surface area contributed by atoms with E-state index in [1.54, 1.807) is 13.0 Å². The fourth-order valence-corrected chi connectivity index (χ4v) is 2.96. The average molecular weight is 273 g/mol. The standard InChI is InChI=1S/C16H23N3O/c1-12(20)15-5-4-13(9-17)8-16(15)19(3)11-14-6-7-18(2)10-14/h4-5,8,12,14,20H,6-7,10-11H2,1-3H3/t12-,14?/m0/s1. The van der Waals surface area contributed by atoms with Crippen molar-refractivity contribution in [1.29, 1.82) is 5.26 Å². The molecule has 1 aromatic rings. The molecule has 1 N–H and O–H groups in total. The summed E-state index contributed by atoms with van der Waals surface area (Å²) in [7, 11) is 4.19. The Hall–Kier alpha value is -1.57. The van der Waals surface area contributed by atoms with Gasteiger partial charge in [-0.3, -0.25) is 0 Å². The lowest BCUT2D eigenvalue weighted by Crippen LogP contribution is -2.28. The Kier molecular flexibility index (Phi) is 4.64. The van der Waals surface area contributed by atoms with Crippen LogP contribution in [0.2, 0.25) is 0 Å². The molecular weight excluding hydrogens is 250 g/mol. The van der Waals surface area contributed by atoms with Gasteiger partial charge in [-0.05, 0) is 45.0 Å². The monoisotopic (exact) mass is 273 g/mol. The van der Waals surface area contributed by atoms with Crippen molar-refractivity contribution in [1.82, 2.24) is 4.90 Å². The van der Waals surface area contributed by atoms with Crippen molar-refractivity contribution in [3.05, 3.63) is 29.3 Å². The minimum atomic E-state index is -0.522. The van der Waals surface area contributed by atoms with E-state index in [0.717, 1.165) is 30.9 Å². The van der Waals surface area contributed by atoms with Crippen LogP contribution in [0.5, 0.6) is 0 Å². The summed E-state index contributed by atoms with van der Waals surface area (Å²) in [6.45, 7) is 4.99. The third kappa shape index (κ3) is 3.30. The summed E-state index contributed by atoms with van der Waals surface area (Å²) in [5.41, 5.74) is 2.49. The number of rotatable bonds is 4. The van der Waals surface area contributed by atoms with E-state index in [-0.39, 0.29) is 0 Å². The number of nitrogens with zero attached hydrogens (tertiary/aromatic N) is 3.